The first kappa shape index (κ1) is 10.9. The molecule has 0 bridgehead atoms. The Morgan fingerprint density at radius 1 is 1.58 bits per heavy atom. The zero-order valence-corrected chi connectivity index (χ0v) is 6.80. The number of rotatable bonds is 4. The van der Waals surface area contributed by atoms with Crippen LogP contribution in [-0.4, -0.2) is 29.1 Å². The monoisotopic (exact) mass is 172 g/mol. The van der Waals surface area contributed by atoms with Crippen LogP contribution in [0.1, 0.15) is 6.92 Å². The first-order valence-corrected chi connectivity index (χ1v) is 3.49. The van der Waals surface area contributed by atoms with E-state index < -0.39 is 18.9 Å². The smallest absolute Gasteiger partial charge is 0.333 e. The maximum atomic E-state index is 10.7. The number of hydrogen-bond acceptors (Lipinski definition) is 4. The van der Waals surface area contributed by atoms with Crippen molar-refractivity contribution in [2.45, 2.75) is 13.2 Å². The Hall–Kier alpha value is -1.13. The van der Waals surface area contributed by atoms with Gasteiger partial charge in [0, 0.05) is 6.08 Å². The summed E-state index contributed by atoms with van der Waals surface area (Å²) in [6, 6.07) is 0. The molecule has 0 aromatic carbocycles. The second-order valence-corrected chi connectivity index (χ2v) is 1.96. The topological polar surface area (TPSA) is 66.8 Å². The van der Waals surface area contributed by atoms with Crippen molar-refractivity contribution in [2.24, 2.45) is 0 Å². The van der Waals surface area contributed by atoms with Crippen LogP contribution in [0.3, 0.4) is 0 Å². The van der Waals surface area contributed by atoms with Gasteiger partial charge in [0.2, 0.25) is 6.29 Å². The number of aliphatic hydroxyl groups is 2. The van der Waals surface area contributed by atoms with Gasteiger partial charge in [-0.3, -0.25) is 0 Å². The SMILES string of the molecule is CC=CC=CC(=O)OC(O)CO. The molecular weight excluding hydrogens is 160 g/mol. The Morgan fingerprint density at radius 2 is 2.25 bits per heavy atom. The normalized spacial score (nSPS) is 13.9. The van der Waals surface area contributed by atoms with Crippen molar-refractivity contribution in [3.63, 3.8) is 0 Å². The second kappa shape index (κ2) is 6.57. The first-order chi connectivity index (χ1) is 5.70. The first-order valence-electron chi connectivity index (χ1n) is 3.49. The molecule has 68 valence electrons. The molecule has 0 fully saturated rings. The molecule has 0 rings (SSSR count). The summed E-state index contributed by atoms with van der Waals surface area (Å²) in [6.45, 7) is 1.21. The lowest BCUT2D eigenvalue weighted by atomic mass is 10.4. The van der Waals surface area contributed by atoms with Crippen LogP contribution in [0, 0.1) is 0 Å². The summed E-state index contributed by atoms with van der Waals surface area (Å²) in [4.78, 5) is 10.7. The van der Waals surface area contributed by atoms with Crippen LogP contribution >= 0.6 is 0 Å². The molecule has 0 heterocycles. The summed E-state index contributed by atoms with van der Waals surface area (Å²) in [5.74, 6) is -0.686. The number of allylic oxidation sites excluding steroid dienone is 3. The molecule has 0 aromatic heterocycles. The van der Waals surface area contributed by atoms with Gasteiger partial charge in [0.05, 0.1) is 0 Å². The van der Waals surface area contributed by atoms with Gasteiger partial charge in [0.15, 0.2) is 0 Å². The van der Waals surface area contributed by atoms with Crippen LogP contribution in [0.25, 0.3) is 0 Å². The van der Waals surface area contributed by atoms with Crippen LogP contribution in [0.2, 0.25) is 0 Å². The molecule has 0 aliphatic carbocycles. The maximum Gasteiger partial charge on any atom is 0.333 e. The van der Waals surface area contributed by atoms with Gasteiger partial charge in [-0.15, -0.1) is 0 Å². The van der Waals surface area contributed by atoms with E-state index in [9.17, 15) is 4.79 Å². The van der Waals surface area contributed by atoms with Gasteiger partial charge >= 0.3 is 5.97 Å². The molecule has 1 unspecified atom stereocenters. The summed E-state index contributed by atoms with van der Waals surface area (Å²) < 4.78 is 4.29. The van der Waals surface area contributed by atoms with Gasteiger partial charge in [-0.1, -0.05) is 18.2 Å². The third kappa shape index (κ3) is 5.64. The zero-order valence-electron chi connectivity index (χ0n) is 6.80. The van der Waals surface area contributed by atoms with E-state index in [0.29, 0.717) is 0 Å². The van der Waals surface area contributed by atoms with E-state index in [4.69, 9.17) is 10.2 Å². The Morgan fingerprint density at radius 3 is 2.75 bits per heavy atom. The molecule has 0 aliphatic rings. The van der Waals surface area contributed by atoms with Crippen molar-refractivity contribution in [3.05, 3.63) is 24.3 Å². The zero-order chi connectivity index (χ0) is 9.40. The molecule has 0 aromatic rings. The van der Waals surface area contributed by atoms with Crippen molar-refractivity contribution in [1.82, 2.24) is 0 Å². The quantitative estimate of drug-likeness (QED) is 0.270. The molecule has 2 N–H and O–H groups in total. The molecule has 0 radical (unpaired) electrons. The van der Waals surface area contributed by atoms with Gasteiger partial charge < -0.3 is 14.9 Å². The molecule has 4 nitrogen and oxygen atoms in total. The average Bonchev–Trinajstić information content (AvgIpc) is 2.05. The minimum Gasteiger partial charge on any atom is -0.430 e. The standard InChI is InChI=1S/C8H12O4/c1-2-3-4-5-7(10)12-8(11)6-9/h2-5,8-9,11H,6H2,1H3. The predicted molar refractivity (Wildman–Crippen MR) is 43.1 cm³/mol. The van der Waals surface area contributed by atoms with Crippen LogP contribution < -0.4 is 0 Å². The molecule has 0 spiro atoms. The number of ether oxygens (including phenoxy) is 1. The van der Waals surface area contributed by atoms with Crippen molar-refractivity contribution in [2.75, 3.05) is 6.61 Å². The van der Waals surface area contributed by atoms with E-state index in [1.54, 1.807) is 19.1 Å². The van der Waals surface area contributed by atoms with E-state index in [1.165, 1.54) is 6.08 Å². The van der Waals surface area contributed by atoms with Crippen molar-refractivity contribution in [1.29, 1.82) is 0 Å². The Labute approximate surface area is 70.8 Å². The van der Waals surface area contributed by atoms with E-state index in [-0.39, 0.29) is 0 Å². The number of aliphatic hydroxyl groups excluding tert-OH is 2. The van der Waals surface area contributed by atoms with E-state index >= 15 is 0 Å². The van der Waals surface area contributed by atoms with E-state index in [2.05, 4.69) is 4.74 Å². The Bertz CT molecular complexity index is 183. The summed E-state index contributed by atoms with van der Waals surface area (Å²) in [6.07, 6.45) is 4.58. The van der Waals surface area contributed by atoms with Crippen molar-refractivity contribution >= 4 is 5.97 Å². The van der Waals surface area contributed by atoms with Crippen LogP contribution in [0.15, 0.2) is 24.3 Å². The molecule has 12 heavy (non-hydrogen) atoms. The summed E-state index contributed by atoms with van der Waals surface area (Å²) >= 11 is 0. The fraction of sp³-hybridized carbons (Fsp3) is 0.375. The lowest BCUT2D eigenvalue weighted by Crippen LogP contribution is -2.19. The van der Waals surface area contributed by atoms with Gasteiger partial charge in [0.1, 0.15) is 6.61 Å². The number of carbonyl (C=O) groups excluding carboxylic acids is 1. The fourth-order valence-electron chi connectivity index (χ4n) is 0.456. The lowest BCUT2D eigenvalue weighted by Gasteiger charge is -2.05. The highest BCUT2D eigenvalue weighted by Crippen LogP contribution is 1.88. The number of esters is 1. The highest BCUT2D eigenvalue weighted by molar-refractivity contribution is 5.82. The third-order valence-electron chi connectivity index (χ3n) is 0.944. The molecule has 0 saturated heterocycles. The van der Waals surface area contributed by atoms with Gasteiger partial charge in [-0.2, -0.15) is 0 Å². The molecule has 1 atom stereocenters. The molecule has 0 saturated carbocycles. The average molecular weight is 172 g/mol. The lowest BCUT2D eigenvalue weighted by molar-refractivity contribution is -0.167. The van der Waals surface area contributed by atoms with Crippen LogP contribution in [0.4, 0.5) is 0 Å². The number of carbonyl (C=O) groups is 1. The Kier molecular flexibility index (Phi) is 5.95. The van der Waals surface area contributed by atoms with Gasteiger partial charge in [0.25, 0.3) is 0 Å². The molecule has 4 heteroatoms. The molecule has 0 aliphatic heterocycles. The highest BCUT2D eigenvalue weighted by Gasteiger charge is 2.04. The van der Waals surface area contributed by atoms with Crippen LogP contribution in [0.5, 0.6) is 0 Å². The molecule has 0 amide bonds. The molecular formula is C8H12O4. The third-order valence-corrected chi connectivity index (χ3v) is 0.944. The summed E-state index contributed by atoms with van der Waals surface area (Å²) in [5.41, 5.74) is 0. The fourth-order valence-corrected chi connectivity index (χ4v) is 0.456. The number of hydrogen-bond donors (Lipinski definition) is 2. The predicted octanol–water partition coefficient (Wildman–Crippen LogP) is -0.0274. The van der Waals surface area contributed by atoms with Crippen molar-refractivity contribution in [3.8, 4) is 0 Å². The van der Waals surface area contributed by atoms with Gasteiger partial charge in [-0.25, -0.2) is 4.79 Å². The summed E-state index contributed by atoms with van der Waals surface area (Å²) in [5, 5.41) is 16.9. The Balaban J connectivity index is 3.73. The van der Waals surface area contributed by atoms with Gasteiger partial charge in [-0.05, 0) is 6.92 Å². The van der Waals surface area contributed by atoms with E-state index in [1.807, 2.05) is 0 Å². The van der Waals surface area contributed by atoms with Crippen LogP contribution in [-0.2, 0) is 9.53 Å². The minimum absolute atomic E-state index is 0.594. The maximum absolute atomic E-state index is 10.7. The van der Waals surface area contributed by atoms with Crippen molar-refractivity contribution < 1.29 is 19.7 Å². The second-order valence-electron chi connectivity index (χ2n) is 1.96. The van der Waals surface area contributed by atoms with E-state index in [0.717, 1.165) is 6.08 Å². The largest absolute Gasteiger partial charge is 0.430 e. The highest BCUT2D eigenvalue weighted by atomic mass is 16.6. The summed E-state index contributed by atoms with van der Waals surface area (Å²) in [7, 11) is 0. The minimum atomic E-state index is -1.44.